The zero-order valence-corrected chi connectivity index (χ0v) is 16.5. The highest BCUT2D eigenvalue weighted by atomic mass is 79.9. The predicted octanol–water partition coefficient (Wildman–Crippen LogP) is 4.18. The number of carboxylic acids is 1. The summed E-state index contributed by atoms with van der Waals surface area (Å²) in [5.74, 6) is -1.10. The van der Waals surface area contributed by atoms with Crippen LogP contribution in [0.5, 0.6) is 0 Å². The first kappa shape index (κ1) is 19.1. The molecular formula is C19H20BrNO4S. The number of carbonyl (C=O) groups is 1. The molecule has 5 nitrogen and oxygen atoms in total. The number of sulfonamides is 1. The number of rotatable bonds is 5. The molecule has 138 valence electrons. The van der Waals surface area contributed by atoms with Crippen molar-refractivity contribution >= 4 is 31.9 Å². The molecule has 1 fully saturated rings. The van der Waals surface area contributed by atoms with Crippen molar-refractivity contribution < 1.29 is 18.3 Å². The maximum Gasteiger partial charge on any atom is 0.324 e. The van der Waals surface area contributed by atoms with E-state index in [1.165, 1.54) is 12.1 Å². The van der Waals surface area contributed by atoms with Gasteiger partial charge in [-0.05, 0) is 48.2 Å². The summed E-state index contributed by atoms with van der Waals surface area (Å²) in [5.41, 5.74) is 0.461. The van der Waals surface area contributed by atoms with Gasteiger partial charge in [-0.2, -0.15) is 4.72 Å². The van der Waals surface area contributed by atoms with Gasteiger partial charge in [0.1, 0.15) is 5.54 Å². The van der Waals surface area contributed by atoms with Crippen molar-refractivity contribution in [3.8, 4) is 11.1 Å². The van der Waals surface area contributed by atoms with Gasteiger partial charge >= 0.3 is 5.97 Å². The molecule has 7 heteroatoms. The standard InChI is InChI=1S/C19H20BrNO4S/c20-16-8-4-14(5-9-16)15-6-10-17(11-7-15)26(24,25)21-19(18(22)23)12-2-1-3-13-19/h4-11,21H,1-3,12-13H2,(H,22,23). The molecule has 26 heavy (non-hydrogen) atoms. The summed E-state index contributed by atoms with van der Waals surface area (Å²) in [4.78, 5) is 11.8. The summed E-state index contributed by atoms with van der Waals surface area (Å²) in [6, 6.07) is 14.2. The first-order valence-corrected chi connectivity index (χ1v) is 10.7. The molecule has 2 aromatic carbocycles. The van der Waals surface area contributed by atoms with Gasteiger partial charge in [-0.15, -0.1) is 0 Å². The van der Waals surface area contributed by atoms with Crippen molar-refractivity contribution in [3.05, 3.63) is 53.0 Å². The van der Waals surface area contributed by atoms with Crippen LogP contribution in [0.2, 0.25) is 0 Å². The maximum atomic E-state index is 12.7. The molecule has 2 aromatic rings. The second kappa shape index (κ2) is 7.50. The zero-order valence-electron chi connectivity index (χ0n) is 14.1. The van der Waals surface area contributed by atoms with Crippen molar-refractivity contribution in [2.75, 3.05) is 0 Å². The minimum absolute atomic E-state index is 0.0737. The SMILES string of the molecule is O=C(O)C1(NS(=O)(=O)c2ccc(-c3ccc(Br)cc3)cc2)CCCCC1. The Labute approximate surface area is 161 Å². The lowest BCUT2D eigenvalue weighted by Crippen LogP contribution is -2.55. The summed E-state index contributed by atoms with van der Waals surface area (Å²) in [5, 5.41) is 9.58. The lowest BCUT2D eigenvalue weighted by Gasteiger charge is -2.33. The van der Waals surface area contributed by atoms with E-state index in [0.717, 1.165) is 22.0 Å². The van der Waals surface area contributed by atoms with Crippen LogP contribution in [0, 0.1) is 0 Å². The molecule has 0 heterocycles. The van der Waals surface area contributed by atoms with Crippen LogP contribution < -0.4 is 4.72 Å². The average molecular weight is 438 g/mol. The van der Waals surface area contributed by atoms with E-state index in [1.54, 1.807) is 12.1 Å². The summed E-state index contributed by atoms with van der Waals surface area (Å²) in [6.07, 6.45) is 2.98. The highest BCUT2D eigenvalue weighted by molar-refractivity contribution is 9.10. The molecule has 0 spiro atoms. The molecule has 1 saturated carbocycles. The Balaban J connectivity index is 1.85. The lowest BCUT2D eigenvalue weighted by atomic mass is 9.83. The van der Waals surface area contributed by atoms with E-state index >= 15 is 0 Å². The van der Waals surface area contributed by atoms with Gasteiger partial charge in [0, 0.05) is 4.47 Å². The summed E-state index contributed by atoms with van der Waals surface area (Å²) >= 11 is 3.38. The Bertz CT molecular complexity index is 886. The fourth-order valence-corrected chi connectivity index (χ4v) is 4.98. The van der Waals surface area contributed by atoms with Crippen LogP contribution in [-0.4, -0.2) is 25.0 Å². The van der Waals surface area contributed by atoms with E-state index in [2.05, 4.69) is 20.7 Å². The summed E-state index contributed by atoms with van der Waals surface area (Å²) in [6.45, 7) is 0. The lowest BCUT2D eigenvalue weighted by molar-refractivity contribution is -0.145. The first-order chi connectivity index (χ1) is 12.3. The Morgan fingerprint density at radius 1 is 0.923 bits per heavy atom. The van der Waals surface area contributed by atoms with E-state index in [4.69, 9.17) is 0 Å². The third-order valence-corrected chi connectivity index (χ3v) is 6.87. The normalized spacial score (nSPS) is 17.0. The summed E-state index contributed by atoms with van der Waals surface area (Å²) in [7, 11) is -3.91. The summed E-state index contributed by atoms with van der Waals surface area (Å²) < 4.78 is 28.9. The quantitative estimate of drug-likeness (QED) is 0.734. The highest BCUT2D eigenvalue weighted by Crippen LogP contribution is 2.31. The van der Waals surface area contributed by atoms with Crippen LogP contribution in [0.1, 0.15) is 32.1 Å². The molecule has 1 aliphatic rings. The van der Waals surface area contributed by atoms with E-state index in [0.29, 0.717) is 25.7 Å². The average Bonchev–Trinajstić information content (AvgIpc) is 2.63. The van der Waals surface area contributed by atoms with Gasteiger partial charge in [-0.1, -0.05) is 59.5 Å². The van der Waals surface area contributed by atoms with Crippen molar-refractivity contribution in [1.82, 2.24) is 4.72 Å². The third kappa shape index (κ3) is 4.00. The number of nitrogens with one attached hydrogen (secondary N) is 1. The van der Waals surface area contributed by atoms with Crippen molar-refractivity contribution in [2.45, 2.75) is 42.5 Å². The fraction of sp³-hybridized carbons (Fsp3) is 0.316. The minimum atomic E-state index is -3.91. The number of benzene rings is 2. The van der Waals surface area contributed by atoms with Crippen molar-refractivity contribution in [3.63, 3.8) is 0 Å². The minimum Gasteiger partial charge on any atom is -0.480 e. The number of hydrogen-bond donors (Lipinski definition) is 2. The Hall–Kier alpha value is -1.70. The molecule has 0 atom stereocenters. The van der Waals surface area contributed by atoms with Gasteiger partial charge in [-0.25, -0.2) is 8.42 Å². The maximum absolute atomic E-state index is 12.7. The topological polar surface area (TPSA) is 83.5 Å². The molecule has 0 aliphatic heterocycles. The number of aliphatic carboxylic acids is 1. The van der Waals surface area contributed by atoms with Gasteiger partial charge in [0.25, 0.3) is 0 Å². The Morgan fingerprint density at radius 2 is 1.42 bits per heavy atom. The van der Waals surface area contributed by atoms with E-state index in [9.17, 15) is 18.3 Å². The molecule has 0 saturated heterocycles. The first-order valence-electron chi connectivity index (χ1n) is 8.46. The smallest absolute Gasteiger partial charge is 0.324 e. The Morgan fingerprint density at radius 3 is 1.92 bits per heavy atom. The number of halogens is 1. The molecule has 0 aromatic heterocycles. The van der Waals surface area contributed by atoms with Crippen LogP contribution >= 0.6 is 15.9 Å². The molecule has 0 unspecified atom stereocenters. The molecule has 1 aliphatic carbocycles. The molecule has 2 N–H and O–H groups in total. The van der Waals surface area contributed by atoms with E-state index in [1.807, 2.05) is 24.3 Å². The number of carboxylic acid groups (broad SMARTS) is 1. The van der Waals surface area contributed by atoms with Gasteiger partial charge in [-0.3, -0.25) is 4.79 Å². The van der Waals surface area contributed by atoms with Crippen molar-refractivity contribution in [1.29, 1.82) is 0 Å². The molecule has 0 bridgehead atoms. The molecule has 0 radical (unpaired) electrons. The van der Waals surface area contributed by atoms with Crippen LogP contribution in [0.3, 0.4) is 0 Å². The van der Waals surface area contributed by atoms with Crippen LogP contribution in [0.25, 0.3) is 11.1 Å². The monoisotopic (exact) mass is 437 g/mol. The Kier molecular flexibility index (Phi) is 5.50. The highest BCUT2D eigenvalue weighted by Gasteiger charge is 2.43. The largest absolute Gasteiger partial charge is 0.480 e. The van der Waals surface area contributed by atoms with Gasteiger partial charge in [0.15, 0.2) is 0 Å². The fourth-order valence-electron chi connectivity index (χ4n) is 3.30. The van der Waals surface area contributed by atoms with Crippen LogP contribution in [0.4, 0.5) is 0 Å². The second-order valence-corrected chi connectivity index (χ2v) is 9.18. The number of hydrogen-bond acceptors (Lipinski definition) is 3. The van der Waals surface area contributed by atoms with Gasteiger partial charge in [0.05, 0.1) is 4.90 Å². The second-order valence-electron chi connectivity index (χ2n) is 6.58. The van der Waals surface area contributed by atoms with Crippen molar-refractivity contribution in [2.24, 2.45) is 0 Å². The van der Waals surface area contributed by atoms with E-state index in [-0.39, 0.29) is 4.90 Å². The molecule has 0 amide bonds. The predicted molar refractivity (Wildman–Crippen MR) is 103 cm³/mol. The van der Waals surface area contributed by atoms with E-state index < -0.39 is 21.5 Å². The van der Waals surface area contributed by atoms with Crippen LogP contribution in [0.15, 0.2) is 57.9 Å². The van der Waals surface area contributed by atoms with Gasteiger partial charge in [0.2, 0.25) is 10.0 Å². The van der Waals surface area contributed by atoms with Gasteiger partial charge < -0.3 is 5.11 Å². The van der Waals surface area contributed by atoms with Crippen LogP contribution in [-0.2, 0) is 14.8 Å². The third-order valence-electron chi connectivity index (χ3n) is 4.79. The zero-order chi connectivity index (χ0) is 18.8. The molecule has 3 rings (SSSR count). The molecular weight excluding hydrogens is 418 g/mol.